The topological polar surface area (TPSA) is 82.3 Å². The fourth-order valence-corrected chi connectivity index (χ4v) is 3.24. The number of anilines is 1. The molecule has 2 aromatic rings. The highest BCUT2D eigenvalue weighted by Gasteiger charge is 2.26. The largest absolute Gasteiger partial charge is 0.343 e. The summed E-state index contributed by atoms with van der Waals surface area (Å²) in [6.45, 7) is 0.488. The lowest BCUT2D eigenvalue weighted by molar-refractivity contribution is -0.117. The monoisotopic (exact) mass is 337 g/mol. The Labute approximate surface area is 144 Å². The van der Waals surface area contributed by atoms with E-state index >= 15 is 0 Å². The Morgan fingerprint density at radius 2 is 1.96 bits per heavy atom. The number of amides is 2. The SMILES string of the molecule is O=C(NCC(=O)N1CCc2ccccc21)c1ccc(C2CC2)[nH]c1=O. The third kappa shape index (κ3) is 3.07. The van der Waals surface area contributed by atoms with Crippen molar-refractivity contribution in [3.63, 3.8) is 0 Å². The fraction of sp³-hybridized carbons (Fsp3) is 0.316. The van der Waals surface area contributed by atoms with E-state index in [1.165, 1.54) is 6.07 Å². The zero-order chi connectivity index (χ0) is 17.4. The van der Waals surface area contributed by atoms with Crippen molar-refractivity contribution in [3.8, 4) is 0 Å². The minimum Gasteiger partial charge on any atom is -0.343 e. The summed E-state index contributed by atoms with van der Waals surface area (Å²) in [5, 5.41) is 2.56. The molecule has 2 aliphatic rings. The number of para-hydroxylation sites is 1. The van der Waals surface area contributed by atoms with Gasteiger partial charge in [-0.3, -0.25) is 14.4 Å². The number of aromatic nitrogens is 1. The maximum atomic E-state index is 12.4. The average molecular weight is 337 g/mol. The summed E-state index contributed by atoms with van der Waals surface area (Å²) < 4.78 is 0. The number of hydrogen-bond acceptors (Lipinski definition) is 3. The van der Waals surface area contributed by atoms with Gasteiger partial charge in [0.15, 0.2) is 0 Å². The molecule has 4 rings (SSSR count). The summed E-state index contributed by atoms with van der Waals surface area (Å²) in [6, 6.07) is 11.1. The summed E-state index contributed by atoms with van der Waals surface area (Å²) in [5.41, 5.74) is 2.55. The van der Waals surface area contributed by atoms with Gasteiger partial charge in [-0.25, -0.2) is 0 Å². The maximum Gasteiger partial charge on any atom is 0.261 e. The molecule has 128 valence electrons. The molecule has 1 aliphatic heterocycles. The van der Waals surface area contributed by atoms with Crippen molar-refractivity contribution in [3.05, 3.63) is 63.6 Å². The molecule has 2 heterocycles. The van der Waals surface area contributed by atoms with Crippen LogP contribution in [-0.2, 0) is 11.2 Å². The lowest BCUT2D eigenvalue weighted by atomic mass is 10.2. The molecule has 2 amide bonds. The van der Waals surface area contributed by atoms with E-state index in [2.05, 4.69) is 10.3 Å². The quantitative estimate of drug-likeness (QED) is 0.888. The van der Waals surface area contributed by atoms with Gasteiger partial charge in [-0.1, -0.05) is 18.2 Å². The average Bonchev–Trinajstić information content (AvgIpc) is 3.38. The van der Waals surface area contributed by atoms with E-state index in [0.717, 1.165) is 36.2 Å². The molecule has 0 radical (unpaired) electrons. The molecule has 1 fully saturated rings. The van der Waals surface area contributed by atoms with E-state index in [4.69, 9.17) is 0 Å². The van der Waals surface area contributed by atoms with Crippen LogP contribution < -0.4 is 15.8 Å². The molecule has 0 spiro atoms. The number of hydrogen-bond donors (Lipinski definition) is 2. The zero-order valence-electron chi connectivity index (χ0n) is 13.7. The number of rotatable bonds is 4. The van der Waals surface area contributed by atoms with E-state index in [-0.39, 0.29) is 18.0 Å². The molecule has 0 atom stereocenters. The van der Waals surface area contributed by atoms with Gasteiger partial charge in [-0.15, -0.1) is 0 Å². The summed E-state index contributed by atoms with van der Waals surface area (Å²) in [5.74, 6) is -0.282. The Balaban J connectivity index is 1.40. The number of nitrogens with zero attached hydrogens (tertiary/aromatic N) is 1. The Kier molecular flexibility index (Phi) is 3.87. The van der Waals surface area contributed by atoms with Crippen LogP contribution in [0.2, 0.25) is 0 Å². The Hall–Kier alpha value is -2.89. The third-order valence-corrected chi connectivity index (χ3v) is 4.78. The number of nitrogens with one attached hydrogen (secondary N) is 2. The molecule has 1 aliphatic carbocycles. The van der Waals surface area contributed by atoms with Gasteiger partial charge < -0.3 is 15.2 Å². The number of carbonyl (C=O) groups is 2. The number of benzene rings is 1. The Morgan fingerprint density at radius 1 is 1.16 bits per heavy atom. The number of aromatic amines is 1. The molecule has 1 aromatic heterocycles. The van der Waals surface area contributed by atoms with Crippen LogP contribution in [0.5, 0.6) is 0 Å². The van der Waals surface area contributed by atoms with Gasteiger partial charge in [-0.05, 0) is 48.9 Å². The van der Waals surface area contributed by atoms with Crippen molar-refractivity contribution in [2.24, 2.45) is 0 Å². The minimum atomic E-state index is -0.524. The molecule has 0 saturated heterocycles. The van der Waals surface area contributed by atoms with E-state index in [9.17, 15) is 14.4 Å². The molecule has 6 heteroatoms. The molecule has 6 nitrogen and oxygen atoms in total. The van der Waals surface area contributed by atoms with Crippen LogP contribution in [-0.4, -0.2) is 29.9 Å². The molecule has 0 unspecified atom stereocenters. The van der Waals surface area contributed by atoms with E-state index in [1.54, 1.807) is 11.0 Å². The lowest BCUT2D eigenvalue weighted by Gasteiger charge is -2.17. The summed E-state index contributed by atoms with van der Waals surface area (Å²) in [4.78, 5) is 41.1. The predicted octanol–water partition coefficient (Wildman–Crippen LogP) is 1.57. The van der Waals surface area contributed by atoms with Crippen LogP contribution in [0.4, 0.5) is 5.69 Å². The molecular weight excluding hydrogens is 318 g/mol. The van der Waals surface area contributed by atoms with E-state index in [0.29, 0.717) is 12.5 Å². The highest BCUT2D eigenvalue weighted by Crippen LogP contribution is 2.38. The van der Waals surface area contributed by atoms with Gasteiger partial charge in [0.05, 0.1) is 6.54 Å². The van der Waals surface area contributed by atoms with Crippen molar-refractivity contribution in [1.29, 1.82) is 0 Å². The van der Waals surface area contributed by atoms with Gasteiger partial charge in [0.1, 0.15) is 5.56 Å². The number of H-pyrrole nitrogens is 1. The second-order valence-corrected chi connectivity index (χ2v) is 6.54. The Bertz CT molecular complexity index is 899. The first kappa shape index (κ1) is 15.6. The van der Waals surface area contributed by atoms with Crippen LogP contribution >= 0.6 is 0 Å². The number of pyridine rings is 1. The molecular formula is C19H19N3O3. The normalized spacial score (nSPS) is 15.8. The van der Waals surface area contributed by atoms with Crippen molar-refractivity contribution < 1.29 is 9.59 Å². The first-order valence-corrected chi connectivity index (χ1v) is 8.53. The summed E-state index contributed by atoms with van der Waals surface area (Å²) in [7, 11) is 0. The van der Waals surface area contributed by atoms with Gasteiger partial charge >= 0.3 is 0 Å². The number of fused-ring (bicyclic) bond motifs is 1. The first-order chi connectivity index (χ1) is 12.1. The van der Waals surface area contributed by atoms with Gasteiger partial charge in [0.2, 0.25) is 5.91 Å². The van der Waals surface area contributed by atoms with Crippen LogP contribution in [0, 0.1) is 0 Å². The molecule has 1 saturated carbocycles. The first-order valence-electron chi connectivity index (χ1n) is 8.53. The predicted molar refractivity (Wildman–Crippen MR) is 93.9 cm³/mol. The zero-order valence-corrected chi connectivity index (χ0v) is 13.7. The van der Waals surface area contributed by atoms with Crippen LogP contribution in [0.15, 0.2) is 41.2 Å². The van der Waals surface area contributed by atoms with Crippen molar-refractivity contribution in [2.45, 2.75) is 25.2 Å². The molecule has 0 bridgehead atoms. The molecule has 2 N–H and O–H groups in total. The van der Waals surface area contributed by atoms with Gasteiger partial charge in [-0.2, -0.15) is 0 Å². The van der Waals surface area contributed by atoms with Crippen LogP contribution in [0.25, 0.3) is 0 Å². The third-order valence-electron chi connectivity index (χ3n) is 4.78. The van der Waals surface area contributed by atoms with Gasteiger partial charge in [0, 0.05) is 17.9 Å². The lowest BCUT2D eigenvalue weighted by Crippen LogP contribution is -2.40. The Morgan fingerprint density at radius 3 is 2.72 bits per heavy atom. The minimum absolute atomic E-state index is 0.0408. The summed E-state index contributed by atoms with van der Waals surface area (Å²) in [6.07, 6.45) is 2.97. The molecule has 25 heavy (non-hydrogen) atoms. The van der Waals surface area contributed by atoms with E-state index < -0.39 is 11.5 Å². The van der Waals surface area contributed by atoms with Crippen LogP contribution in [0.3, 0.4) is 0 Å². The highest BCUT2D eigenvalue weighted by atomic mass is 16.2. The highest BCUT2D eigenvalue weighted by molar-refractivity contribution is 6.01. The smallest absolute Gasteiger partial charge is 0.261 e. The second kappa shape index (κ2) is 6.20. The molecule has 1 aromatic carbocycles. The summed E-state index contributed by atoms with van der Waals surface area (Å²) >= 11 is 0. The second-order valence-electron chi connectivity index (χ2n) is 6.54. The number of carbonyl (C=O) groups excluding carboxylic acids is 2. The fourth-order valence-electron chi connectivity index (χ4n) is 3.24. The van der Waals surface area contributed by atoms with Crippen molar-refractivity contribution in [1.82, 2.24) is 10.3 Å². The van der Waals surface area contributed by atoms with Gasteiger partial charge in [0.25, 0.3) is 11.5 Å². The van der Waals surface area contributed by atoms with Crippen molar-refractivity contribution in [2.75, 3.05) is 18.0 Å². The van der Waals surface area contributed by atoms with E-state index in [1.807, 2.05) is 24.3 Å². The maximum absolute atomic E-state index is 12.4. The van der Waals surface area contributed by atoms with Crippen LogP contribution in [0.1, 0.15) is 40.4 Å². The standard InChI is InChI=1S/C19H19N3O3/c23-17(22-10-9-13-3-1-2-4-16(13)22)11-20-18(24)14-7-8-15(12-5-6-12)21-19(14)25/h1-4,7-8,12H,5-6,9-11H2,(H,20,24)(H,21,25). The van der Waals surface area contributed by atoms with Crippen molar-refractivity contribution >= 4 is 17.5 Å².